The van der Waals surface area contributed by atoms with Gasteiger partial charge in [0, 0.05) is 0 Å². The van der Waals surface area contributed by atoms with Gasteiger partial charge in [-0.25, -0.2) is 0 Å². The Morgan fingerprint density at radius 2 is 1.75 bits per heavy atom. The molecule has 1 aliphatic rings. The maximum Gasteiger partial charge on any atom is 0.0569 e. The van der Waals surface area contributed by atoms with Gasteiger partial charge in [-0.2, -0.15) is 5.12 Å². The van der Waals surface area contributed by atoms with Crippen LogP contribution in [0.5, 0.6) is 0 Å². The minimum absolute atomic E-state index is 0.500. The monoisotopic (exact) mass is 59.0 g/mol. The summed E-state index contributed by atoms with van der Waals surface area (Å²) in [5, 5.41) is 0.500. The maximum absolute atomic E-state index is 10.8. The van der Waals surface area contributed by atoms with E-state index in [-0.39, 0.29) is 0 Å². The number of rotatable bonds is 0. The smallest absolute Gasteiger partial charge is 0.0569 e. The van der Waals surface area contributed by atoms with Gasteiger partial charge in [-0.05, 0) is 0 Å². The molecule has 1 heterocycles. The highest BCUT2D eigenvalue weighted by Gasteiger charge is 1.96. The molecule has 1 nitrogen and oxygen atoms in total. The van der Waals surface area contributed by atoms with Crippen molar-refractivity contribution in [2.45, 2.75) is 0 Å². The third-order valence-electron chi connectivity index (χ3n) is 0.262. The fourth-order valence-electron chi connectivity index (χ4n) is 0.0252. The standard InChI is InChI=1S/C2H2FN/c3-4-1-2-4/h1-2H. The molecule has 0 saturated heterocycles. The minimum Gasteiger partial charge on any atom is -0.191 e. The van der Waals surface area contributed by atoms with Crippen molar-refractivity contribution >= 4 is 0 Å². The second-order valence-electron chi connectivity index (χ2n) is 0.642. The number of hydrogen-bond acceptors (Lipinski definition) is 1. The predicted octanol–water partition coefficient (Wildman–Crippen LogP) is 0.658. The average Bonchev–Trinajstić information content (AvgIpc) is 1.75. The first-order chi connectivity index (χ1) is 1.89. The van der Waals surface area contributed by atoms with E-state index in [0.717, 1.165) is 0 Å². The van der Waals surface area contributed by atoms with Crippen LogP contribution < -0.4 is 0 Å². The zero-order valence-corrected chi connectivity index (χ0v) is 1.98. The highest BCUT2D eigenvalue weighted by atomic mass is 19.2. The van der Waals surface area contributed by atoms with Gasteiger partial charge >= 0.3 is 0 Å². The molecular weight excluding hydrogens is 57.0 g/mol. The molecule has 4 heavy (non-hydrogen) atoms. The van der Waals surface area contributed by atoms with E-state index in [1.807, 2.05) is 0 Å². The third-order valence-corrected chi connectivity index (χ3v) is 0.262. The molecule has 0 atom stereocenters. The Labute approximate surface area is 23.3 Å². The van der Waals surface area contributed by atoms with E-state index in [2.05, 4.69) is 0 Å². The Morgan fingerprint density at radius 1 is 1.50 bits per heavy atom. The molecule has 0 aromatic carbocycles. The van der Waals surface area contributed by atoms with Crippen molar-refractivity contribution in [1.82, 2.24) is 5.12 Å². The quantitative estimate of drug-likeness (QED) is 0.370. The fourth-order valence-corrected chi connectivity index (χ4v) is 0.0252. The molecule has 0 fully saturated rings. The summed E-state index contributed by atoms with van der Waals surface area (Å²) >= 11 is 0. The Balaban J connectivity index is 2.32. The SMILES string of the molecule is FN1C=C1. The van der Waals surface area contributed by atoms with Crippen LogP contribution in [0.1, 0.15) is 0 Å². The second kappa shape index (κ2) is 0.267. The van der Waals surface area contributed by atoms with Crippen molar-refractivity contribution in [3.63, 3.8) is 0 Å². The Bertz CT molecular complexity index is 44.0. The van der Waals surface area contributed by atoms with Crippen molar-refractivity contribution < 1.29 is 4.48 Å². The first-order valence-corrected chi connectivity index (χ1v) is 1.02. The summed E-state index contributed by atoms with van der Waals surface area (Å²) in [6.07, 6.45) is 2.67. The number of hydrogen-bond donors (Lipinski definition) is 0. The Hall–Kier alpha value is -0.530. The van der Waals surface area contributed by atoms with Crippen LogP contribution in [-0.4, -0.2) is 5.12 Å². The van der Waals surface area contributed by atoms with Crippen LogP contribution in [0, 0.1) is 0 Å². The molecule has 0 aromatic heterocycles. The lowest BCUT2D eigenvalue weighted by atomic mass is 11.3. The molecule has 22 valence electrons. The van der Waals surface area contributed by atoms with Crippen LogP contribution >= 0.6 is 0 Å². The zero-order valence-electron chi connectivity index (χ0n) is 1.98. The predicted molar refractivity (Wildman–Crippen MR) is 12.1 cm³/mol. The lowest BCUT2D eigenvalue weighted by Crippen LogP contribution is -1.62. The summed E-state index contributed by atoms with van der Waals surface area (Å²) in [4.78, 5) is 0. The van der Waals surface area contributed by atoms with Crippen molar-refractivity contribution in [2.75, 3.05) is 0 Å². The van der Waals surface area contributed by atoms with E-state index >= 15 is 0 Å². The van der Waals surface area contributed by atoms with Gasteiger partial charge in [0.1, 0.15) is 0 Å². The molecule has 0 aromatic rings. The molecule has 0 spiro atoms. The topological polar surface area (TPSA) is 3.01 Å². The molecule has 1 rings (SSSR count). The van der Waals surface area contributed by atoms with Gasteiger partial charge < -0.3 is 0 Å². The molecule has 0 aliphatic carbocycles. The van der Waals surface area contributed by atoms with E-state index in [9.17, 15) is 4.48 Å². The first-order valence-electron chi connectivity index (χ1n) is 1.02. The molecule has 0 radical (unpaired) electrons. The minimum atomic E-state index is 0.500. The summed E-state index contributed by atoms with van der Waals surface area (Å²) in [6, 6.07) is 0. The molecule has 0 saturated carbocycles. The first kappa shape index (κ1) is 1.76. The largest absolute Gasteiger partial charge is 0.191 e. The van der Waals surface area contributed by atoms with Gasteiger partial charge in [0.05, 0.1) is 12.4 Å². The van der Waals surface area contributed by atoms with E-state index in [1.165, 1.54) is 12.4 Å². The van der Waals surface area contributed by atoms with Gasteiger partial charge in [0.15, 0.2) is 0 Å². The van der Waals surface area contributed by atoms with Gasteiger partial charge in [-0.3, -0.25) is 0 Å². The van der Waals surface area contributed by atoms with Gasteiger partial charge in [-0.15, -0.1) is 0 Å². The Morgan fingerprint density at radius 3 is 1.75 bits per heavy atom. The molecule has 0 amide bonds. The van der Waals surface area contributed by atoms with E-state index in [4.69, 9.17) is 0 Å². The molecule has 0 bridgehead atoms. The summed E-state index contributed by atoms with van der Waals surface area (Å²) in [7, 11) is 0. The summed E-state index contributed by atoms with van der Waals surface area (Å²) in [5.41, 5.74) is 0. The van der Waals surface area contributed by atoms with Crippen LogP contribution in [0.3, 0.4) is 0 Å². The zero-order chi connectivity index (χ0) is 2.99. The lowest BCUT2D eigenvalue weighted by Gasteiger charge is -1.66. The van der Waals surface area contributed by atoms with Crippen molar-refractivity contribution in [1.29, 1.82) is 0 Å². The van der Waals surface area contributed by atoms with E-state index in [1.54, 1.807) is 0 Å². The van der Waals surface area contributed by atoms with Crippen LogP contribution in [0.15, 0.2) is 12.4 Å². The molecule has 0 N–H and O–H groups in total. The van der Waals surface area contributed by atoms with Gasteiger partial charge in [0.25, 0.3) is 0 Å². The molecule has 0 unspecified atom stereocenters. The third kappa shape index (κ3) is 0.0532. The van der Waals surface area contributed by atoms with Gasteiger partial charge in [0.2, 0.25) is 0 Å². The lowest BCUT2D eigenvalue weighted by molar-refractivity contribution is 0.217. The van der Waals surface area contributed by atoms with Crippen molar-refractivity contribution in [3.05, 3.63) is 12.4 Å². The van der Waals surface area contributed by atoms with Crippen molar-refractivity contribution in [3.8, 4) is 0 Å². The molecule has 2 heteroatoms. The maximum atomic E-state index is 10.8. The van der Waals surface area contributed by atoms with Crippen LogP contribution in [-0.2, 0) is 0 Å². The summed E-state index contributed by atoms with van der Waals surface area (Å²) in [6.45, 7) is 0. The fraction of sp³-hybridized carbons (Fsp3) is 0. The normalized spacial score (nSPS) is 17.8. The van der Waals surface area contributed by atoms with Crippen LogP contribution in [0.4, 0.5) is 4.48 Å². The molecular formula is C2H2FN. The number of nitrogens with zero attached hydrogens (tertiary/aromatic N) is 1. The van der Waals surface area contributed by atoms with Crippen LogP contribution in [0.25, 0.3) is 0 Å². The Kier molecular flexibility index (Phi) is 0.117. The highest BCUT2D eigenvalue weighted by molar-refractivity contribution is 4.93. The summed E-state index contributed by atoms with van der Waals surface area (Å²) < 4.78 is 10.8. The van der Waals surface area contributed by atoms with E-state index < -0.39 is 0 Å². The van der Waals surface area contributed by atoms with Crippen molar-refractivity contribution in [2.24, 2.45) is 0 Å². The average molecular weight is 59.0 g/mol. The molecule has 1 aliphatic heterocycles. The van der Waals surface area contributed by atoms with Gasteiger partial charge in [-0.1, -0.05) is 4.48 Å². The number of halogens is 1. The summed E-state index contributed by atoms with van der Waals surface area (Å²) in [5.74, 6) is 0. The second-order valence-corrected chi connectivity index (χ2v) is 0.642. The highest BCUT2D eigenvalue weighted by Crippen LogP contribution is 2.03. The van der Waals surface area contributed by atoms with Crippen LogP contribution in [0.2, 0.25) is 0 Å². The van der Waals surface area contributed by atoms with E-state index in [0.29, 0.717) is 5.12 Å².